The van der Waals surface area contributed by atoms with Crippen molar-refractivity contribution in [1.82, 2.24) is 4.90 Å². The van der Waals surface area contributed by atoms with Crippen molar-refractivity contribution in [2.45, 2.75) is 13.3 Å². The summed E-state index contributed by atoms with van der Waals surface area (Å²) in [6, 6.07) is 9.14. The van der Waals surface area contributed by atoms with Crippen LogP contribution in [0.4, 0.5) is 30.2 Å². The first-order valence-corrected chi connectivity index (χ1v) is 10.8. The summed E-state index contributed by atoms with van der Waals surface area (Å²) < 4.78 is 45.7. The van der Waals surface area contributed by atoms with Gasteiger partial charge in [-0.25, -0.2) is 13.2 Å². The molecule has 2 N–H and O–H groups in total. The van der Waals surface area contributed by atoms with E-state index in [-0.39, 0.29) is 19.0 Å². The highest BCUT2D eigenvalue weighted by molar-refractivity contribution is 5.96. The fraction of sp³-hybridized carbons (Fsp3) is 0.391. The molecule has 0 aromatic heterocycles. The Hall–Kier alpha value is -3.11. The molecule has 0 aliphatic carbocycles. The molecule has 0 bridgehead atoms. The topological polar surface area (TPSA) is 73.9 Å². The number of nitrogens with one attached hydrogen (secondary N) is 2. The molecule has 10 heteroatoms. The van der Waals surface area contributed by atoms with Gasteiger partial charge in [0.05, 0.1) is 43.4 Å². The van der Waals surface area contributed by atoms with E-state index in [4.69, 9.17) is 4.74 Å². The van der Waals surface area contributed by atoms with Gasteiger partial charge in [0.25, 0.3) is 0 Å². The number of morpholine rings is 1. The first kappa shape index (κ1) is 24.5. The van der Waals surface area contributed by atoms with E-state index in [1.165, 1.54) is 0 Å². The summed E-state index contributed by atoms with van der Waals surface area (Å²) in [4.78, 5) is 28.8. The summed E-state index contributed by atoms with van der Waals surface area (Å²) >= 11 is 0. The van der Waals surface area contributed by atoms with Crippen LogP contribution in [0.25, 0.3) is 0 Å². The van der Waals surface area contributed by atoms with Gasteiger partial charge in [0.2, 0.25) is 11.8 Å². The molecular weight excluding hydrogens is 437 g/mol. The number of rotatable bonds is 9. The van der Waals surface area contributed by atoms with Crippen molar-refractivity contribution in [2.75, 3.05) is 61.5 Å². The normalized spacial score (nSPS) is 13.8. The summed E-state index contributed by atoms with van der Waals surface area (Å²) in [5, 5.41) is 5.13. The van der Waals surface area contributed by atoms with E-state index < -0.39 is 29.0 Å². The van der Waals surface area contributed by atoms with Gasteiger partial charge in [0, 0.05) is 13.1 Å². The molecule has 0 saturated carbocycles. The van der Waals surface area contributed by atoms with Crippen LogP contribution < -0.4 is 15.5 Å². The largest absolute Gasteiger partial charge is 0.378 e. The lowest BCUT2D eigenvalue weighted by atomic mass is 10.2. The Morgan fingerprint density at radius 2 is 1.58 bits per heavy atom. The zero-order valence-corrected chi connectivity index (χ0v) is 18.4. The van der Waals surface area contributed by atoms with Crippen LogP contribution in [0.15, 0.2) is 36.4 Å². The zero-order valence-electron chi connectivity index (χ0n) is 18.4. The number of nitrogens with zero attached hydrogens (tertiary/aromatic N) is 2. The minimum absolute atomic E-state index is 0.0705. The zero-order chi connectivity index (χ0) is 23.8. The number of amides is 2. The quantitative estimate of drug-likeness (QED) is 0.558. The van der Waals surface area contributed by atoms with Gasteiger partial charge in [-0.15, -0.1) is 0 Å². The summed E-state index contributed by atoms with van der Waals surface area (Å²) in [6.45, 7) is 4.70. The van der Waals surface area contributed by atoms with Crippen LogP contribution in [-0.2, 0) is 14.3 Å². The molecule has 2 amide bonds. The van der Waals surface area contributed by atoms with Crippen molar-refractivity contribution >= 4 is 28.9 Å². The first-order chi connectivity index (χ1) is 15.9. The average Bonchev–Trinajstić information content (AvgIpc) is 2.80. The molecule has 3 rings (SSSR count). The molecular formula is C23H27F3N4O3. The lowest BCUT2D eigenvalue weighted by Crippen LogP contribution is -2.40. The van der Waals surface area contributed by atoms with Crippen molar-refractivity contribution in [3.05, 3.63) is 53.8 Å². The molecule has 1 saturated heterocycles. The SMILES string of the molecule is CCCN(CC(=O)Nc1ccccc1N1CCOCC1)CC(=O)Nc1ccc(F)c(F)c1F. The average molecular weight is 464 g/mol. The van der Waals surface area contributed by atoms with E-state index >= 15 is 0 Å². The summed E-state index contributed by atoms with van der Waals surface area (Å²) in [5.74, 6) is -5.42. The molecule has 2 aromatic rings. The maximum absolute atomic E-state index is 13.8. The number of carbonyl (C=O) groups excluding carboxylic acids is 2. The third-order valence-corrected chi connectivity index (χ3v) is 5.11. The van der Waals surface area contributed by atoms with Gasteiger partial charge in [-0.05, 0) is 37.2 Å². The molecule has 0 radical (unpaired) electrons. The lowest BCUT2D eigenvalue weighted by Gasteiger charge is -2.30. The minimum atomic E-state index is -1.66. The van der Waals surface area contributed by atoms with Crippen molar-refractivity contribution in [3.63, 3.8) is 0 Å². The van der Waals surface area contributed by atoms with Gasteiger partial charge in [-0.1, -0.05) is 19.1 Å². The standard InChI is InChI=1S/C23H27F3N4O3/c1-2-9-29(15-21(32)28-18-8-7-16(24)22(25)23(18)26)14-20(31)27-17-5-3-4-6-19(17)30-10-12-33-13-11-30/h3-8H,2,9-15H2,1H3,(H,27,31)(H,28,32). The van der Waals surface area contributed by atoms with Crippen molar-refractivity contribution in [2.24, 2.45) is 0 Å². The molecule has 1 fully saturated rings. The van der Waals surface area contributed by atoms with Crippen LogP contribution in [0.2, 0.25) is 0 Å². The Morgan fingerprint density at radius 1 is 0.939 bits per heavy atom. The number of hydrogen-bond acceptors (Lipinski definition) is 5. The molecule has 2 aromatic carbocycles. The number of para-hydroxylation sites is 2. The van der Waals surface area contributed by atoms with Gasteiger partial charge >= 0.3 is 0 Å². The second-order valence-electron chi connectivity index (χ2n) is 7.65. The van der Waals surface area contributed by atoms with E-state index in [9.17, 15) is 22.8 Å². The number of hydrogen-bond donors (Lipinski definition) is 2. The van der Waals surface area contributed by atoms with Crippen molar-refractivity contribution in [1.29, 1.82) is 0 Å². The monoisotopic (exact) mass is 464 g/mol. The fourth-order valence-electron chi connectivity index (χ4n) is 3.60. The van der Waals surface area contributed by atoms with Gasteiger partial charge < -0.3 is 20.3 Å². The Bertz CT molecular complexity index is 983. The van der Waals surface area contributed by atoms with Crippen molar-refractivity contribution < 1.29 is 27.5 Å². The number of anilines is 3. The molecule has 0 spiro atoms. The molecule has 33 heavy (non-hydrogen) atoms. The van der Waals surface area contributed by atoms with E-state index in [2.05, 4.69) is 15.5 Å². The van der Waals surface area contributed by atoms with Gasteiger partial charge in [0.1, 0.15) is 0 Å². The Morgan fingerprint density at radius 3 is 2.24 bits per heavy atom. The maximum Gasteiger partial charge on any atom is 0.238 e. The summed E-state index contributed by atoms with van der Waals surface area (Å²) in [6.07, 6.45) is 0.671. The third-order valence-electron chi connectivity index (χ3n) is 5.11. The summed E-state index contributed by atoms with van der Waals surface area (Å²) in [5.41, 5.74) is 1.09. The van der Waals surface area contributed by atoms with Crippen LogP contribution in [0.3, 0.4) is 0 Å². The predicted molar refractivity (Wildman–Crippen MR) is 120 cm³/mol. The predicted octanol–water partition coefficient (Wildman–Crippen LogP) is 3.23. The minimum Gasteiger partial charge on any atom is -0.378 e. The Kier molecular flexibility index (Phi) is 8.67. The molecule has 1 aliphatic rings. The van der Waals surface area contributed by atoms with E-state index in [1.54, 1.807) is 4.90 Å². The van der Waals surface area contributed by atoms with Crippen molar-refractivity contribution in [3.8, 4) is 0 Å². The van der Waals surface area contributed by atoms with Gasteiger partial charge in [0.15, 0.2) is 17.5 Å². The lowest BCUT2D eigenvalue weighted by molar-refractivity contribution is -0.120. The second kappa shape index (κ2) is 11.7. The van der Waals surface area contributed by atoms with E-state index in [0.29, 0.717) is 31.9 Å². The number of ether oxygens (including phenoxy) is 1. The third kappa shape index (κ3) is 6.69. The second-order valence-corrected chi connectivity index (χ2v) is 7.65. The van der Waals surface area contributed by atoms with Crippen LogP contribution in [0.5, 0.6) is 0 Å². The molecule has 1 heterocycles. The van der Waals surface area contributed by atoms with E-state index in [0.717, 1.165) is 30.9 Å². The first-order valence-electron chi connectivity index (χ1n) is 10.8. The van der Waals surface area contributed by atoms with E-state index in [1.807, 2.05) is 31.2 Å². The maximum atomic E-state index is 13.8. The van der Waals surface area contributed by atoms with Crippen LogP contribution in [0, 0.1) is 17.5 Å². The molecule has 0 atom stereocenters. The number of benzene rings is 2. The highest BCUT2D eigenvalue weighted by atomic mass is 19.2. The molecule has 0 unspecified atom stereocenters. The Balaban J connectivity index is 1.61. The van der Waals surface area contributed by atoms with Gasteiger partial charge in [-0.2, -0.15) is 0 Å². The highest BCUT2D eigenvalue weighted by Gasteiger charge is 2.20. The molecule has 1 aliphatic heterocycles. The fourth-order valence-corrected chi connectivity index (χ4v) is 3.60. The number of halogens is 3. The van der Waals surface area contributed by atoms with Crippen LogP contribution in [-0.4, -0.2) is 62.7 Å². The van der Waals surface area contributed by atoms with Gasteiger partial charge in [-0.3, -0.25) is 14.5 Å². The Labute approximate surface area is 190 Å². The summed E-state index contributed by atoms with van der Waals surface area (Å²) in [7, 11) is 0. The highest BCUT2D eigenvalue weighted by Crippen LogP contribution is 2.26. The number of carbonyl (C=O) groups is 2. The smallest absolute Gasteiger partial charge is 0.238 e. The van der Waals surface area contributed by atoms with Crippen LogP contribution in [0.1, 0.15) is 13.3 Å². The van der Waals surface area contributed by atoms with Crippen LogP contribution >= 0.6 is 0 Å². The molecule has 7 nitrogen and oxygen atoms in total. The molecule has 178 valence electrons.